The summed E-state index contributed by atoms with van der Waals surface area (Å²) in [6.45, 7) is 3.32. The molecule has 1 rings (SSSR count). The van der Waals surface area contributed by atoms with Gasteiger partial charge in [-0.05, 0) is 6.20 Å². The minimum Gasteiger partial charge on any atom is -0.364 e. The fourth-order valence-electron chi connectivity index (χ4n) is 0.496. The maximum Gasteiger partial charge on any atom is 0.277 e. The normalized spacial score (nSPS) is 8.80. The summed E-state index contributed by atoms with van der Waals surface area (Å²) < 4.78 is 4.44. The predicted molar refractivity (Wildman–Crippen MR) is 34.2 cm³/mol. The zero-order valence-corrected chi connectivity index (χ0v) is 5.20. The number of carbonyl (C=O) groups is 1. The lowest BCUT2D eigenvalue weighted by molar-refractivity contribution is 0.0961. The van der Waals surface area contributed by atoms with E-state index < -0.39 is 0 Å². The van der Waals surface area contributed by atoms with Crippen LogP contribution in [0.3, 0.4) is 0 Å². The molecule has 0 saturated carbocycles. The molecule has 0 aliphatic heterocycles. The van der Waals surface area contributed by atoms with Crippen LogP contribution in [0.1, 0.15) is 10.5 Å². The fourth-order valence-corrected chi connectivity index (χ4v) is 0.496. The van der Waals surface area contributed by atoms with E-state index in [1.807, 2.05) is 0 Å². The second-order valence-corrected chi connectivity index (χ2v) is 1.56. The highest BCUT2D eigenvalue weighted by Gasteiger charge is 2.04. The molecule has 0 unspecified atom stereocenters. The number of aromatic nitrogens is 1. The van der Waals surface area contributed by atoms with E-state index in [0.717, 1.165) is 0 Å². The van der Waals surface area contributed by atoms with Gasteiger partial charge in [-0.2, -0.15) is 0 Å². The summed E-state index contributed by atoms with van der Waals surface area (Å²) in [5.41, 5.74) is 0.250. The van der Waals surface area contributed by atoms with E-state index >= 15 is 0 Å². The third kappa shape index (κ3) is 1.22. The summed E-state index contributed by atoms with van der Waals surface area (Å²) in [5, 5.41) is 5.75. The number of nitrogens with one attached hydrogen (secondary N) is 1. The first-order valence-corrected chi connectivity index (χ1v) is 2.66. The molecule has 1 aromatic rings. The number of nitrogens with zero attached hydrogens (tertiary/aromatic N) is 1. The molecule has 52 valence electrons. The maximum atomic E-state index is 10.8. The van der Waals surface area contributed by atoms with Gasteiger partial charge in [0.25, 0.3) is 5.91 Å². The highest BCUT2D eigenvalue weighted by atomic mass is 16.5. The topological polar surface area (TPSA) is 55.1 Å². The minimum absolute atomic E-state index is 0.250. The van der Waals surface area contributed by atoms with Crippen molar-refractivity contribution in [2.75, 3.05) is 0 Å². The molecule has 0 atom stereocenters. The molecule has 0 radical (unpaired) electrons. The molecule has 4 heteroatoms. The third-order valence-corrected chi connectivity index (χ3v) is 0.904. The van der Waals surface area contributed by atoms with Crippen LogP contribution in [0.4, 0.5) is 0 Å². The van der Waals surface area contributed by atoms with E-state index in [0.29, 0.717) is 0 Å². The van der Waals surface area contributed by atoms with Crippen molar-refractivity contribution in [2.24, 2.45) is 0 Å². The molecule has 1 heterocycles. The predicted octanol–water partition coefficient (Wildman–Crippen LogP) is 0.548. The van der Waals surface area contributed by atoms with Crippen LogP contribution in [-0.2, 0) is 0 Å². The molecule has 0 saturated heterocycles. The summed E-state index contributed by atoms with van der Waals surface area (Å²) in [7, 11) is 0. The van der Waals surface area contributed by atoms with Crippen LogP contribution in [0.2, 0.25) is 0 Å². The van der Waals surface area contributed by atoms with E-state index in [4.69, 9.17) is 0 Å². The van der Waals surface area contributed by atoms with Gasteiger partial charge in [0.2, 0.25) is 0 Å². The first kappa shape index (κ1) is 6.54. The lowest BCUT2D eigenvalue weighted by Crippen LogP contribution is -2.16. The van der Waals surface area contributed by atoms with Gasteiger partial charge in [-0.3, -0.25) is 4.79 Å². The quantitative estimate of drug-likeness (QED) is 0.649. The van der Waals surface area contributed by atoms with Crippen molar-refractivity contribution in [3.05, 3.63) is 30.8 Å². The van der Waals surface area contributed by atoms with Gasteiger partial charge >= 0.3 is 0 Å². The molecule has 0 aliphatic carbocycles. The monoisotopic (exact) mass is 138 g/mol. The Bertz CT molecular complexity index is 228. The molecule has 10 heavy (non-hydrogen) atoms. The van der Waals surface area contributed by atoms with Crippen LogP contribution < -0.4 is 5.32 Å². The molecule has 1 N–H and O–H groups in total. The Morgan fingerprint density at radius 2 is 2.70 bits per heavy atom. The molecule has 1 amide bonds. The van der Waals surface area contributed by atoms with Gasteiger partial charge in [-0.25, -0.2) is 0 Å². The standard InChI is InChI=1S/C6H6N2O2/c1-2-7-6(9)5-3-4-10-8-5/h2-4H,1H2,(H,7,9). The van der Waals surface area contributed by atoms with Crippen molar-refractivity contribution in [2.45, 2.75) is 0 Å². The summed E-state index contributed by atoms with van der Waals surface area (Å²) in [5.74, 6) is -0.316. The summed E-state index contributed by atoms with van der Waals surface area (Å²) in [6, 6.07) is 1.47. The molecular weight excluding hydrogens is 132 g/mol. The average molecular weight is 138 g/mol. The number of carbonyl (C=O) groups excluding carboxylic acids is 1. The van der Waals surface area contributed by atoms with E-state index in [9.17, 15) is 4.79 Å². The van der Waals surface area contributed by atoms with E-state index in [2.05, 4.69) is 21.6 Å². The first-order chi connectivity index (χ1) is 4.84. The molecule has 0 aromatic carbocycles. The van der Waals surface area contributed by atoms with Gasteiger partial charge < -0.3 is 9.84 Å². The number of hydrogen-bond donors (Lipinski definition) is 1. The van der Waals surface area contributed by atoms with Crippen LogP contribution in [0.5, 0.6) is 0 Å². The zero-order valence-electron chi connectivity index (χ0n) is 5.20. The Kier molecular flexibility index (Phi) is 1.84. The van der Waals surface area contributed by atoms with Crippen LogP contribution >= 0.6 is 0 Å². The first-order valence-electron chi connectivity index (χ1n) is 2.66. The molecular formula is C6H6N2O2. The van der Waals surface area contributed by atoms with Crippen molar-refractivity contribution in [3.63, 3.8) is 0 Å². The number of hydrogen-bond acceptors (Lipinski definition) is 3. The maximum absolute atomic E-state index is 10.8. The molecule has 1 aromatic heterocycles. The number of rotatable bonds is 2. The third-order valence-electron chi connectivity index (χ3n) is 0.904. The Balaban J connectivity index is 2.68. The van der Waals surface area contributed by atoms with Crippen LogP contribution in [-0.4, -0.2) is 11.1 Å². The van der Waals surface area contributed by atoms with Crippen molar-refractivity contribution in [3.8, 4) is 0 Å². The minimum atomic E-state index is -0.316. The highest BCUT2D eigenvalue weighted by molar-refractivity contribution is 5.92. The SMILES string of the molecule is C=CNC(=O)c1ccon1. The Morgan fingerprint density at radius 3 is 3.20 bits per heavy atom. The fraction of sp³-hybridized carbons (Fsp3) is 0. The van der Waals surface area contributed by atoms with Crippen LogP contribution in [0, 0.1) is 0 Å². The van der Waals surface area contributed by atoms with Gasteiger partial charge in [0.1, 0.15) is 6.26 Å². The van der Waals surface area contributed by atoms with Crippen molar-refractivity contribution < 1.29 is 9.32 Å². The van der Waals surface area contributed by atoms with Gasteiger partial charge in [0.05, 0.1) is 0 Å². The Labute approximate surface area is 57.5 Å². The van der Waals surface area contributed by atoms with E-state index in [1.54, 1.807) is 0 Å². The van der Waals surface area contributed by atoms with Gasteiger partial charge in [-0.1, -0.05) is 11.7 Å². The Hall–Kier alpha value is -1.58. The zero-order chi connectivity index (χ0) is 7.40. The number of amides is 1. The largest absolute Gasteiger partial charge is 0.364 e. The molecule has 0 aliphatic rings. The van der Waals surface area contributed by atoms with E-state index in [-0.39, 0.29) is 11.6 Å². The average Bonchev–Trinajstić information content (AvgIpc) is 2.38. The summed E-state index contributed by atoms with van der Waals surface area (Å²) in [4.78, 5) is 10.8. The summed E-state index contributed by atoms with van der Waals surface area (Å²) >= 11 is 0. The smallest absolute Gasteiger partial charge is 0.277 e. The summed E-state index contributed by atoms with van der Waals surface area (Å²) in [6.07, 6.45) is 2.62. The van der Waals surface area contributed by atoms with Crippen molar-refractivity contribution >= 4 is 5.91 Å². The highest BCUT2D eigenvalue weighted by Crippen LogP contribution is 1.92. The lowest BCUT2D eigenvalue weighted by Gasteiger charge is -1.90. The van der Waals surface area contributed by atoms with Gasteiger partial charge in [0.15, 0.2) is 5.69 Å². The second-order valence-electron chi connectivity index (χ2n) is 1.56. The van der Waals surface area contributed by atoms with Gasteiger partial charge in [-0.15, -0.1) is 0 Å². The van der Waals surface area contributed by atoms with Crippen LogP contribution in [0.25, 0.3) is 0 Å². The molecule has 4 nitrogen and oxygen atoms in total. The molecule has 0 fully saturated rings. The van der Waals surface area contributed by atoms with Crippen molar-refractivity contribution in [1.29, 1.82) is 0 Å². The molecule has 0 spiro atoms. The molecule has 0 bridgehead atoms. The lowest BCUT2D eigenvalue weighted by atomic mass is 10.4. The Morgan fingerprint density at radius 1 is 1.90 bits per heavy atom. The van der Waals surface area contributed by atoms with E-state index in [1.165, 1.54) is 18.5 Å². The second kappa shape index (κ2) is 2.82. The van der Waals surface area contributed by atoms with Crippen LogP contribution in [0.15, 0.2) is 29.6 Å². The van der Waals surface area contributed by atoms with Gasteiger partial charge in [0, 0.05) is 6.07 Å². The van der Waals surface area contributed by atoms with Crippen molar-refractivity contribution in [1.82, 2.24) is 10.5 Å².